The second-order valence-corrected chi connectivity index (χ2v) is 4.73. The van der Waals surface area contributed by atoms with Crippen LogP contribution in [-0.2, 0) is 11.0 Å². The van der Waals surface area contributed by atoms with Crippen molar-refractivity contribution in [1.29, 1.82) is 0 Å². The molecule has 0 bridgehead atoms. The van der Waals surface area contributed by atoms with Crippen molar-refractivity contribution >= 4 is 22.6 Å². The molecule has 3 rings (SSSR count). The zero-order valence-corrected chi connectivity index (χ0v) is 10.7. The van der Waals surface area contributed by atoms with Crippen LogP contribution < -0.4 is 10.6 Å². The minimum Gasteiger partial charge on any atom is -0.358 e. The highest BCUT2D eigenvalue weighted by atomic mass is 19.4. The minimum atomic E-state index is -4.44. The van der Waals surface area contributed by atoms with Gasteiger partial charge in [0.1, 0.15) is 18.2 Å². The van der Waals surface area contributed by atoms with Gasteiger partial charge in [-0.3, -0.25) is 4.79 Å². The fraction of sp³-hybridized carbons (Fsp3) is 0.308. The van der Waals surface area contributed by atoms with Gasteiger partial charge in [0.25, 0.3) is 0 Å². The molecule has 1 aliphatic heterocycles. The number of nitrogens with zero attached hydrogens (tertiary/aromatic N) is 2. The maximum Gasteiger partial charge on any atom is 0.416 e. The van der Waals surface area contributed by atoms with E-state index in [2.05, 4.69) is 20.6 Å². The molecule has 2 heterocycles. The van der Waals surface area contributed by atoms with Gasteiger partial charge in [0.05, 0.1) is 11.1 Å². The topological polar surface area (TPSA) is 66.9 Å². The number of fused-ring (bicyclic) bond motifs is 1. The molecule has 0 unspecified atom stereocenters. The summed E-state index contributed by atoms with van der Waals surface area (Å²) in [6.07, 6.45) is -2.62. The lowest BCUT2D eigenvalue weighted by molar-refractivity contribution is -0.137. The summed E-state index contributed by atoms with van der Waals surface area (Å²) in [4.78, 5) is 19.4. The Balaban J connectivity index is 2.03. The van der Waals surface area contributed by atoms with Crippen LogP contribution in [0.15, 0.2) is 24.5 Å². The van der Waals surface area contributed by atoms with E-state index in [0.29, 0.717) is 18.5 Å². The molecule has 8 heteroatoms. The van der Waals surface area contributed by atoms with Crippen molar-refractivity contribution in [1.82, 2.24) is 15.3 Å². The molecule has 0 aliphatic carbocycles. The molecule has 1 aliphatic rings. The lowest BCUT2D eigenvalue weighted by Crippen LogP contribution is -2.29. The summed E-state index contributed by atoms with van der Waals surface area (Å²) in [6, 6.07) is 2.77. The Hall–Kier alpha value is -2.38. The number of anilines is 1. The first-order chi connectivity index (χ1) is 9.95. The Labute approximate surface area is 117 Å². The fourth-order valence-electron chi connectivity index (χ4n) is 2.24. The summed E-state index contributed by atoms with van der Waals surface area (Å²) in [5.74, 6) is 0.0434. The molecule has 1 fully saturated rings. The smallest absolute Gasteiger partial charge is 0.358 e. The number of aromatic nitrogens is 2. The fourth-order valence-corrected chi connectivity index (χ4v) is 2.24. The normalized spacial score (nSPS) is 18.8. The number of amides is 1. The van der Waals surface area contributed by atoms with Crippen LogP contribution in [0.1, 0.15) is 12.0 Å². The molecule has 2 aromatic rings. The predicted molar refractivity (Wildman–Crippen MR) is 69.6 cm³/mol. The van der Waals surface area contributed by atoms with Crippen LogP contribution in [0.3, 0.4) is 0 Å². The first-order valence-corrected chi connectivity index (χ1v) is 6.31. The molecular weight excluding hydrogens is 285 g/mol. The number of carbonyl (C=O) groups excluding carboxylic acids is 1. The van der Waals surface area contributed by atoms with Crippen LogP contribution in [-0.4, -0.2) is 28.5 Å². The van der Waals surface area contributed by atoms with E-state index in [1.165, 1.54) is 12.4 Å². The third-order valence-electron chi connectivity index (χ3n) is 3.32. The maximum absolute atomic E-state index is 12.8. The van der Waals surface area contributed by atoms with E-state index in [-0.39, 0.29) is 17.1 Å². The van der Waals surface area contributed by atoms with Crippen LogP contribution in [0.5, 0.6) is 0 Å². The maximum atomic E-state index is 12.8. The summed E-state index contributed by atoms with van der Waals surface area (Å²) in [5.41, 5.74) is -0.386. The monoisotopic (exact) mass is 296 g/mol. The molecular formula is C13H11F3N4O. The van der Waals surface area contributed by atoms with Gasteiger partial charge < -0.3 is 10.6 Å². The number of halogens is 3. The molecule has 110 valence electrons. The second-order valence-electron chi connectivity index (χ2n) is 4.73. The molecule has 1 atom stereocenters. The largest absolute Gasteiger partial charge is 0.416 e. The summed E-state index contributed by atoms with van der Waals surface area (Å²) in [5, 5.41) is 5.77. The summed E-state index contributed by atoms with van der Waals surface area (Å²) >= 11 is 0. The molecule has 2 N–H and O–H groups in total. The van der Waals surface area contributed by atoms with Gasteiger partial charge in [0.15, 0.2) is 0 Å². The highest BCUT2D eigenvalue weighted by Crippen LogP contribution is 2.32. The summed E-state index contributed by atoms with van der Waals surface area (Å²) < 4.78 is 38.4. The van der Waals surface area contributed by atoms with Gasteiger partial charge in [-0.2, -0.15) is 13.2 Å². The van der Waals surface area contributed by atoms with Crippen LogP contribution >= 0.6 is 0 Å². The lowest BCUT2D eigenvalue weighted by Gasteiger charge is -2.13. The van der Waals surface area contributed by atoms with Crippen molar-refractivity contribution in [2.24, 2.45) is 0 Å². The molecule has 21 heavy (non-hydrogen) atoms. The average molecular weight is 296 g/mol. The van der Waals surface area contributed by atoms with Crippen LogP contribution in [0.25, 0.3) is 10.9 Å². The molecule has 1 aromatic carbocycles. The van der Waals surface area contributed by atoms with Crippen molar-refractivity contribution in [3.8, 4) is 0 Å². The van der Waals surface area contributed by atoms with Gasteiger partial charge in [0, 0.05) is 11.9 Å². The number of carbonyl (C=O) groups is 1. The third-order valence-corrected chi connectivity index (χ3v) is 3.32. The van der Waals surface area contributed by atoms with Crippen molar-refractivity contribution < 1.29 is 18.0 Å². The zero-order valence-electron chi connectivity index (χ0n) is 10.7. The van der Waals surface area contributed by atoms with Crippen LogP contribution in [0.4, 0.5) is 19.0 Å². The summed E-state index contributed by atoms with van der Waals surface area (Å²) in [7, 11) is 0. The van der Waals surface area contributed by atoms with Crippen LogP contribution in [0, 0.1) is 0 Å². The van der Waals surface area contributed by atoms with Crippen LogP contribution in [0.2, 0.25) is 0 Å². The Morgan fingerprint density at radius 3 is 2.76 bits per heavy atom. The molecule has 5 nitrogen and oxygen atoms in total. The van der Waals surface area contributed by atoms with E-state index >= 15 is 0 Å². The van der Waals surface area contributed by atoms with Crippen molar-refractivity contribution in [3.63, 3.8) is 0 Å². The minimum absolute atomic E-state index is 0.186. The molecule has 0 saturated carbocycles. The average Bonchev–Trinajstić information content (AvgIpc) is 2.83. The highest BCUT2D eigenvalue weighted by Gasteiger charge is 2.31. The van der Waals surface area contributed by atoms with Crippen molar-refractivity contribution in [3.05, 3.63) is 30.1 Å². The van der Waals surface area contributed by atoms with Gasteiger partial charge in [-0.15, -0.1) is 0 Å². The van der Waals surface area contributed by atoms with E-state index in [1.807, 2.05) is 0 Å². The Morgan fingerprint density at radius 2 is 2.10 bits per heavy atom. The first-order valence-electron chi connectivity index (χ1n) is 6.31. The predicted octanol–water partition coefficient (Wildman–Crippen LogP) is 1.95. The quantitative estimate of drug-likeness (QED) is 0.889. The van der Waals surface area contributed by atoms with Gasteiger partial charge in [-0.1, -0.05) is 0 Å². The number of benzene rings is 1. The Morgan fingerprint density at radius 1 is 1.29 bits per heavy atom. The Bertz CT molecular complexity index is 701. The molecule has 1 saturated heterocycles. The second kappa shape index (κ2) is 4.87. The van der Waals surface area contributed by atoms with E-state index < -0.39 is 17.8 Å². The molecule has 0 radical (unpaired) electrons. The molecule has 1 aromatic heterocycles. The molecule has 1 amide bonds. The van der Waals surface area contributed by atoms with E-state index in [0.717, 1.165) is 12.1 Å². The van der Waals surface area contributed by atoms with E-state index in [4.69, 9.17) is 0 Å². The van der Waals surface area contributed by atoms with Gasteiger partial charge in [-0.05, 0) is 24.6 Å². The lowest BCUT2D eigenvalue weighted by atomic mass is 10.1. The zero-order chi connectivity index (χ0) is 15.0. The van der Waals surface area contributed by atoms with Gasteiger partial charge in [0.2, 0.25) is 5.91 Å². The van der Waals surface area contributed by atoms with Crippen molar-refractivity contribution in [2.45, 2.75) is 18.6 Å². The number of nitrogens with one attached hydrogen (secondary N) is 2. The van der Waals surface area contributed by atoms with Gasteiger partial charge in [-0.25, -0.2) is 9.97 Å². The van der Waals surface area contributed by atoms with E-state index in [9.17, 15) is 18.0 Å². The number of hydrogen-bond donors (Lipinski definition) is 2. The highest BCUT2D eigenvalue weighted by molar-refractivity contribution is 5.93. The Kier molecular flexibility index (Phi) is 3.15. The first kappa shape index (κ1) is 13.6. The van der Waals surface area contributed by atoms with E-state index in [1.54, 1.807) is 0 Å². The standard InChI is InChI=1S/C13H11F3N4O/c14-13(15,16)7-1-2-9-8(5-7)11(19-6-18-9)20-10-3-4-17-12(10)21/h1-2,5-6,10H,3-4H2,(H,17,21)(H,18,19,20)/t10-/m0/s1. The SMILES string of the molecule is O=C1NCC[C@@H]1Nc1ncnc2ccc(C(F)(F)F)cc12. The summed E-state index contributed by atoms with van der Waals surface area (Å²) in [6.45, 7) is 0.535. The number of hydrogen-bond acceptors (Lipinski definition) is 4. The number of alkyl halides is 3. The van der Waals surface area contributed by atoms with Gasteiger partial charge >= 0.3 is 6.18 Å². The number of rotatable bonds is 2. The third kappa shape index (κ3) is 2.61. The molecule has 0 spiro atoms. The van der Waals surface area contributed by atoms with Crippen molar-refractivity contribution in [2.75, 3.05) is 11.9 Å².